The van der Waals surface area contributed by atoms with Crippen LogP contribution in [0.4, 0.5) is 0 Å². The lowest BCUT2D eigenvalue weighted by Gasteiger charge is -2.04. The highest BCUT2D eigenvalue weighted by molar-refractivity contribution is 6.30. The summed E-state index contributed by atoms with van der Waals surface area (Å²) in [6, 6.07) is 19.9. The Labute approximate surface area is 175 Å². The Kier molecular flexibility index (Phi) is 6.89. The highest BCUT2D eigenvalue weighted by Crippen LogP contribution is 2.26. The Morgan fingerprint density at radius 1 is 1.07 bits per heavy atom. The van der Waals surface area contributed by atoms with Gasteiger partial charge in [0.05, 0.1) is 23.8 Å². The Morgan fingerprint density at radius 2 is 1.76 bits per heavy atom. The van der Waals surface area contributed by atoms with Crippen molar-refractivity contribution < 1.29 is 13.9 Å². The smallest absolute Gasteiger partial charge is 0.338 e. The maximum Gasteiger partial charge on any atom is 0.338 e. The summed E-state index contributed by atoms with van der Waals surface area (Å²) < 4.78 is 11.1. The van der Waals surface area contributed by atoms with Crippen LogP contribution in [0.5, 0.6) is 0 Å². The van der Waals surface area contributed by atoms with Gasteiger partial charge in [-0.2, -0.15) is 5.26 Å². The van der Waals surface area contributed by atoms with Crippen LogP contribution < -0.4 is 0 Å². The first-order valence-electron chi connectivity index (χ1n) is 9.36. The number of allylic oxidation sites excluding steroid dienone is 1. The fourth-order valence-electron chi connectivity index (χ4n) is 2.70. The summed E-state index contributed by atoms with van der Waals surface area (Å²) in [6.45, 7) is 2.48. The Balaban J connectivity index is 1.74. The van der Waals surface area contributed by atoms with Gasteiger partial charge >= 0.3 is 5.97 Å². The number of nitriles is 1. The number of benzene rings is 2. The number of halogens is 1. The fourth-order valence-corrected chi connectivity index (χ4v) is 2.83. The molecule has 0 unspecified atom stereocenters. The lowest BCUT2D eigenvalue weighted by molar-refractivity contribution is 0.0500. The van der Waals surface area contributed by atoms with Crippen LogP contribution in [-0.4, -0.2) is 12.6 Å². The maximum atomic E-state index is 12.0. The predicted molar refractivity (Wildman–Crippen MR) is 114 cm³/mol. The van der Waals surface area contributed by atoms with Gasteiger partial charge in [-0.05, 0) is 54.5 Å². The molecule has 1 heterocycles. The third-order valence-electron chi connectivity index (χ3n) is 4.33. The Hall–Kier alpha value is -3.29. The standard InChI is InChI=1S/C24H20ClNO3/c1-2-3-14-28-24(27)19-6-4-18(5-7-19)23-13-12-22(29-23)15-20(16-26)17-8-10-21(25)11-9-17/h4-13,15H,2-3,14H2,1H3/b20-15+. The minimum absolute atomic E-state index is 0.324. The molecule has 0 spiro atoms. The van der Waals surface area contributed by atoms with Crippen molar-refractivity contribution in [2.24, 2.45) is 0 Å². The molecule has 5 heteroatoms. The van der Waals surface area contributed by atoms with E-state index in [9.17, 15) is 10.1 Å². The zero-order valence-corrected chi connectivity index (χ0v) is 16.8. The van der Waals surface area contributed by atoms with Crippen molar-refractivity contribution in [2.45, 2.75) is 19.8 Å². The minimum atomic E-state index is -0.324. The molecule has 0 saturated carbocycles. The molecule has 29 heavy (non-hydrogen) atoms. The number of hydrogen-bond acceptors (Lipinski definition) is 4. The quantitative estimate of drug-likeness (QED) is 0.251. The average molecular weight is 406 g/mol. The first-order chi connectivity index (χ1) is 14.1. The largest absolute Gasteiger partial charge is 0.462 e. The molecule has 3 rings (SSSR count). The number of unbranched alkanes of at least 4 members (excludes halogenated alkanes) is 1. The summed E-state index contributed by atoms with van der Waals surface area (Å²) in [5.74, 6) is 0.889. The molecule has 0 aliphatic carbocycles. The molecule has 0 aliphatic heterocycles. The van der Waals surface area contributed by atoms with E-state index in [0.717, 1.165) is 24.0 Å². The van der Waals surface area contributed by atoms with E-state index in [0.29, 0.717) is 34.3 Å². The van der Waals surface area contributed by atoms with E-state index in [1.807, 2.05) is 25.1 Å². The molecule has 2 aromatic carbocycles. The number of nitrogens with zero attached hydrogens (tertiary/aromatic N) is 1. The van der Waals surface area contributed by atoms with Crippen molar-refractivity contribution in [3.63, 3.8) is 0 Å². The van der Waals surface area contributed by atoms with Crippen molar-refractivity contribution in [1.82, 2.24) is 0 Å². The van der Waals surface area contributed by atoms with E-state index in [1.165, 1.54) is 0 Å². The zero-order valence-electron chi connectivity index (χ0n) is 16.0. The van der Waals surface area contributed by atoms with E-state index < -0.39 is 0 Å². The number of rotatable bonds is 7. The van der Waals surface area contributed by atoms with Crippen LogP contribution in [0.1, 0.15) is 41.4 Å². The molecule has 0 fully saturated rings. The van der Waals surface area contributed by atoms with Gasteiger partial charge in [-0.3, -0.25) is 0 Å². The third-order valence-corrected chi connectivity index (χ3v) is 4.58. The van der Waals surface area contributed by atoms with Crippen LogP contribution in [-0.2, 0) is 4.74 Å². The SMILES string of the molecule is CCCCOC(=O)c1ccc(-c2ccc(/C=C(\C#N)c3ccc(Cl)cc3)o2)cc1. The summed E-state index contributed by atoms with van der Waals surface area (Å²) in [5, 5.41) is 10.1. The van der Waals surface area contributed by atoms with Gasteiger partial charge in [0.2, 0.25) is 0 Å². The van der Waals surface area contributed by atoms with Gasteiger partial charge in [-0.1, -0.05) is 49.2 Å². The number of carbonyl (C=O) groups excluding carboxylic acids is 1. The number of ether oxygens (including phenoxy) is 1. The van der Waals surface area contributed by atoms with Gasteiger partial charge < -0.3 is 9.15 Å². The first-order valence-corrected chi connectivity index (χ1v) is 9.73. The number of hydrogen-bond donors (Lipinski definition) is 0. The van der Waals surface area contributed by atoms with Crippen molar-refractivity contribution in [2.75, 3.05) is 6.61 Å². The third kappa shape index (κ3) is 5.37. The van der Waals surface area contributed by atoms with Gasteiger partial charge in [-0.15, -0.1) is 0 Å². The molecule has 0 aliphatic rings. The van der Waals surface area contributed by atoms with Crippen LogP contribution in [0.2, 0.25) is 5.02 Å². The van der Waals surface area contributed by atoms with Crippen molar-refractivity contribution >= 4 is 29.2 Å². The van der Waals surface area contributed by atoms with E-state index in [2.05, 4.69) is 6.07 Å². The molecule has 3 aromatic rings. The first kappa shape index (κ1) is 20.4. The van der Waals surface area contributed by atoms with Crippen LogP contribution >= 0.6 is 11.6 Å². The van der Waals surface area contributed by atoms with Crippen LogP contribution in [0.15, 0.2) is 65.1 Å². The fraction of sp³-hybridized carbons (Fsp3) is 0.167. The molecule has 0 radical (unpaired) electrons. The summed E-state index contributed by atoms with van der Waals surface area (Å²) in [7, 11) is 0. The maximum absolute atomic E-state index is 12.0. The summed E-state index contributed by atoms with van der Waals surface area (Å²) in [6.07, 6.45) is 3.52. The van der Waals surface area contributed by atoms with Gasteiger partial charge in [0.25, 0.3) is 0 Å². The average Bonchev–Trinajstić information content (AvgIpc) is 3.21. The van der Waals surface area contributed by atoms with Gasteiger partial charge in [-0.25, -0.2) is 4.79 Å². The van der Waals surface area contributed by atoms with Crippen molar-refractivity contribution in [3.8, 4) is 17.4 Å². The molecule has 1 aromatic heterocycles. The van der Waals surface area contributed by atoms with Crippen LogP contribution in [0, 0.1) is 11.3 Å². The predicted octanol–water partition coefficient (Wildman–Crippen LogP) is 6.62. The van der Waals surface area contributed by atoms with Crippen LogP contribution in [0.25, 0.3) is 23.0 Å². The molecular weight excluding hydrogens is 386 g/mol. The van der Waals surface area contributed by atoms with Gasteiger partial charge in [0.15, 0.2) is 0 Å². The zero-order chi connectivity index (χ0) is 20.6. The molecule has 0 amide bonds. The van der Waals surface area contributed by atoms with E-state index in [-0.39, 0.29) is 5.97 Å². The molecule has 146 valence electrons. The molecule has 4 nitrogen and oxygen atoms in total. The molecule has 0 N–H and O–H groups in total. The molecule has 0 bridgehead atoms. The lowest BCUT2D eigenvalue weighted by atomic mass is 10.1. The highest BCUT2D eigenvalue weighted by atomic mass is 35.5. The molecule has 0 saturated heterocycles. The molecular formula is C24H20ClNO3. The number of esters is 1. The second-order valence-electron chi connectivity index (χ2n) is 6.45. The summed E-state index contributed by atoms with van der Waals surface area (Å²) in [5.41, 5.74) is 2.58. The summed E-state index contributed by atoms with van der Waals surface area (Å²) >= 11 is 5.90. The second-order valence-corrected chi connectivity index (χ2v) is 6.88. The van der Waals surface area contributed by atoms with Gasteiger partial charge in [0.1, 0.15) is 11.5 Å². The second kappa shape index (κ2) is 9.77. The lowest BCUT2D eigenvalue weighted by Crippen LogP contribution is -2.05. The van der Waals surface area contributed by atoms with Crippen LogP contribution in [0.3, 0.4) is 0 Å². The Bertz CT molecular complexity index is 1040. The normalized spacial score (nSPS) is 11.1. The van der Waals surface area contributed by atoms with Crippen molar-refractivity contribution in [1.29, 1.82) is 5.26 Å². The van der Waals surface area contributed by atoms with E-state index in [1.54, 1.807) is 48.5 Å². The van der Waals surface area contributed by atoms with Crippen molar-refractivity contribution in [3.05, 3.63) is 82.6 Å². The minimum Gasteiger partial charge on any atom is -0.462 e. The number of carbonyl (C=O) groups is 1. The monoisotopic (exact) mass is 405 g/mol. The summed E-state index contributed by atoms with van der Waals surface area (Å²) in [4.78, 5) is 12.0. The van der Waals surface area contributed by atoms with E-state index in [4.69, 9.17) is 20.8 Å². The van der Waals surface area contributed by atoms with E-state index >= 15 is 0 Å². The number of furan rings is 1. The van der Waals surface area contributed by atoms with Gasteiger partial charge in [0, 0.05) is 10.6 Å². The topological polar surface area (TPSA) is 63.2 Å². The molecule has 0 atom stereocenters. The Morgan fingerprint density at radius 3 is 2.41 bits per heavy atom. The highest BCUT2D eigenvalue weighted by Gasteiger charge is 2.10.